The Bertz CT molecular complexity index is 1030. The van der Waals surface area contributed by atoms with Crippen LogP contribution in [0, 0.1) is 5.92 Å². The standard InChI is InChI=1S/C25H23ClN2O2/c1-17(2)24(19-6-10-20(26)11-7-19)25(30)28-22-12-8-18(9-13-22)23(29)15-14-21-5-3-4-16-27-21/h3-17,24H,1-2H3,(H,28,30)/b15-14+. The number of carbonyl (C=O) groups excluding carboxylic acids is 2. The smallest absolute Gasteiger partial charge is 0.232 e. The third-order valence-corrected chi connectivity index (χ3v) is 4.96. The summed E-state index contributed by atoms with van der Waals surface area (Å²) < 4.78 is 0. The third kappa shape index (κ3) is 5.65. The molecule has 0 saturated heterocycles. The van der Waals surface area contributed by atoms with Crippen LogP contribution < -0.4 is 5.32 Å². The highest BCUT2D eigenvalue weighted by Crippen LogP contribution is 2.27. The number of allylic oxidation sites excluding steroid dienone is 1. The van der Waals surface area contributed by atoms with Crippen LogP contribution in [0.25, 0.3) is 6.08 Å². The largest absolute Gasteiger partial charge is 0.326 e. The van der Waals surface area contributed by atoms with Gasteiger partial charge in [0.25, 0.3) is 0 Å². The van der Waals surface area contributed by atoms with Crippen molar-refractivity contribution in [3.05, 3.63) is 101 Å². The van der Waals surface area contributed by atoms with E-state index in [1.165, 1.54) is 6.08 Å². The molecular formula is C25H23ClN2O2. The van der Waals surface area contributed by atoms with E-state index in [1.54, 1.807) is 48.7 Å². The van der Waals surface area contributed by atoms with Gasteiger partial charge in [-0.05, 0) is 72.2 Å². The molecule has 30 heavy (non-hydrogen) atoms. The molecule has 0 fully saturated rings. The van der Waals surface area contributed by atoms with Gasteiger partial charge in [-0.2, -0.15) is 0 Å². The SMILES string of the molecule is CC(C)C(C(=O)Nc1ccc(C(=O)/C=C/c2ccccn2)cc1)c1ccc(Cl)cc1. The maximum Gasteiger partial charge on any atom is 0.232 e. The summed E-state index contributed by atoms with van der Waals surface area (Å²) in [7, 11) is 0. The van der Waals surface area contributed by atoms with Crippen molar-refractivity contribution < 1.29 is 9.59 Å². The van der Waals surface area contributed by atoms with Crippen LogP contribution in [0.5, 0.6) is 0 Å². The van der Waals surface area contributed by atoms with Crippen molar-refractivity contribution in [1.29, 1.82) is 0 Å². The minimum atomic E-state index is -0.301. The number of anilines is 1. The third-order valence-electron chi connectivity index (χ3n) is 4.71. The predicted molar refractivity (Wildman–Crippen MR) is 122 cm³/mol. The van der Waals surface area contributed by atoms with Crippen LogP contribution >= 0.6 is 11.6 Å². The Morgan fingerprint density at radius 2 is 1.67 bits per heavy atom. The number of nitrogens with zero attached hydrogens (tertiary/aromatic N) is 1. The zero-order valence-electron chi connectivity index (χ0n) is 16.9. The molecule has 0 aliphatic carbocycles. The number of nitrogens with one attached hydrogen (secondary N) is 1. The summed E-state index contributed by atoms with van der Waals surface area (Å²) in [5.74, 6) is -0.408. The number of rotatable bonds is 7. The van der Waals surface area contributed by atoms with Gasteiger partial charge >= 0.3 is 0 Å². The first-order valence-corrected chi connectivity index (χ1v) is 10.1. The van der Waals surface area contributed by atoms with Gasteiger partial charge in [0.05, 0.1) is 11.6 Å². The zero-order chi connectivity index (χ0) is 21.5. The van der Waals surface area contributed by atoms with E-state index in [-0.39, 0.29) is 23.5 Å². The van der Waals surface area contributed by atoms with Crippen molar-refractivity contribution in [2.45, 2.75) is 19.8 Å². The number of halogens is 1. The van der Waals surface area contributed by atoms with E-state index < -0.39 is 0 Å². The van der Waals surface area contributed by atoms with Gasteiger partial charge in [0.1, 0.15) is 0 Å². The molecule has 5 heteroatoms. The van der Waals surface area contributed by atoms with Crippen molar-refractivity contribution in [2.24, 2.45) is 5.92 Å². The summed E-state index contributed by atoms with van der Waals surface area (Å²) in [5, 5.41) is 3.59. The van der Waals surface area contributed by atoms with Crippen LogP contribution in [0.3, 0.4) is 0 Å². The minimum absolute atomic E-state index is 0.0959. The number of pyridine rings is 1. The van der Waals surface area contributed by atoms with Crippen molar-refractivity contribution in [3.8, 4) is 0 Å². The molecule has 1 heterocycles. The van der Waals surface area contributed by atoms with Crippen molar-refractivity contribution >= 4 is 35.1 Å². The summed E-state index contributed by atoms with van der Waals surface area (Å²) in [5.41, 5.74) is 2.82. The van der Waals surface area contributed by atoms with Gasteiger partial charge in [0, 0.05) is 22.5 Å². The molecule has 1 aromatic heterocycles. The summed E-state index contributed by atoms with van der Waals surface area (Å²) in [6.45, 7) is 4.02. The van der Waals surface area contributed by atoms with Gasteiger partial charge in [-0.1, -0.05) is 43.6 Å². The number of aromatic nitrogens is 1. The van der Waals surface area contributed by atoms with Crippen molar-refractivity contribution in [2.75, 3.05) is 5.32 Å². The normalized spacial score (nSPS) is 12.1. The average molecular weight is 419 g/mol. The van der Waals surface area contributed by atoms with Gasteiger partial charge in [-0.15, -0.1) is 0 Å². The highest BCUT2D eigenvalue weighted by atomic mass is 35.5. The van der Waals surface area contributed by atoms with Crippen LogP contribution in [0.1, 0.15) is 41.4 Å². The number of carbonyl (C=O) groups is 2. The Kier molecular flexibility index (Phi) is 7.15. The first-order chi connectivity index (χ1) is 14.4. The van der Waals surface area contributed by atoms with Crippen LogP contribution in [0.4, 0.5) is 5.69 Å². The summed E-state index contributed by atoms with van der Waals surface area (Å²) >= 11 is 5.97. The highest BCUT2D eigenvalue weighted by Gasteiger charge is 2.24. The Labute approximate surface area is 181 Å². The molecule has 0 aliphatic rings. The molecule has 0 bridgehead atoms. The molecular weight excluding hydrogens is 396 g/mol. The summed E-state index contributed by atoms with van der Waals surface area (Å²) in [6.07, 6.45) is 4.85. The van der Waals surface area contributed by atoms with Gasteiger partial charge in [-0.3, -0.25) is 14.6 Å². The molecule has 3 aromatic rings. The molecule has 1 amide bonds. The Morgan fingerprint density at radius 1 is 0.967 bits per heavy atom. The van der Waals surface area contributed by atoms with Crippen LogP contribution in [0.2, 0.25) is 5.02 Å². The molecule has 2 aromatic carbocycles. The van der Waals surface area contributed by atoms with E-state index >= 15 is 0 Å². The van der Waals surface area contributed by atoms with E-state index in [0.717, 1.165) is 11.3 Å². The maximum absolute atomic E-state index is 12.9. The second-order valence-corrected chi connectivity index (χ2v) is 7.73. The molecule has 3 rings (SSSR count). The van der Waals surface area contributed by atoms with Gasteiger partial charge in [-0.25, -0.2) is 0 Å². The number of benzene rings is 2. The van der Waals surface area contributed by atoms with Gasteiger partial charge in [0.15, 0.2) is 5.78 Å². The quantitative estimate of drug-likeness (QED) is 0.377. The lowest BCUT2D eigenvalue weighted by molar-refractivity contribution is -0.118. The molecule has 1 unspecified atom stereocenters. The lowest BCUT2D eigenvalue weighted by atomic mass is 9.87. The molecule has 152 valence electrons. The van der Waals surface area contributed by atoms with E-state index in [2.05, 4.69) is 10.3 Å². The number of ketones is 1. The number of hydrogen-bond acceptors (Lipinski definition) is 3. The molecule has 0 radical (unpaired) electrons. The lowest BCUT2D eigenvalue weighted by Crippen LogP contribution is -2.25. The fourth-order valence-electron chi connectivity index (χ4n) is 3.18. The second kappa shape index (κ2) is 9.99. The minimum Gasteiger partial charge on any atom is -0.326 e. The first kappa shape index (κ1) is 21.5. The maximum atomic E-state index is 12.9. The molecule has 0 aliphatic heterocycles. The monoisotopic (exact) mass is 418 g/mol. The number of hydrogen-bond donors (Lipinski definition) is 1. The van der Waals surface area contributed by atoms with Gasteiger partial charge in [0.2, 0.25) is 5.91 Å². The highest BCUT2D eigenvalue weighted by molar-refractivity contribution is 6.30. The first-order valence-electron chi connectivity index (χ1n) is 9.74. The molecule has 1 N–H and O–H groups in total. The predicted octanol–water partition coefficient (Wildman–Crippen LogP) is 6.01. The molecule has 0 saturated carbocycles. The van der Waals surface area contributed by atoms with E-state index in [9.17, 15) is 9.59 Å². The molecule has 4 nitrogen and oxygen atoms in total. The Balaban J connectivity index is 1.68. The second-order valence-electron chi connectivity index (χ2n) is 7.29. The van der Waals surface area contributed by atoms with E-state index in [1.807, 2.05) is 44.2 Å². The van der Waals surface area contributed by atoms with Crippen molar-refractivity contribution in [3.63, 3.8) is 0 Å². The van der Waals surface area contributed by atoms with E-state index in [4.69, 9.17) is 11.6 Å². The Hall–Kier alpha value is -3.24. The van der Waals surface area contributed by atoms with Crippen LogP contribution in [0.15, 0.2) is 79.0 Å². The molecule has 1 atom stereocenters. The van der Waals surface area contributed by atoms with Crippen molar-refractivity contribution in [1.82, 2.24) is 4.98 Å². The summed E-state index contributed by atoms with van der Waals surface area (Å²) in [6, 6.07) is 19.7. The van der Waals surface area contributed by atoms with E-state index in [0.29, 0.717) is 16.3 Å². The summed E-state index contributed by atoms with van der Waals surface area (Å²) in [4.78, 5) is 29.4. The fraction of sp³-hybridized carbons (Fsp3) is 0.160. The van der Waals surface area contributed by atoms with Crippen LogP contribution in [-0.2, 0) is 4.79 Å². The Morgan fingerprint density at radius 3 is 2.27 bits per heavy atom. The average Bonchev–Trinajstić information content (AvgIpc) is 2.74. The fourth-order valence-corrected chi connectivity index (χ4v) is 3.30. The molecule has 0 spiro atoms. The number of amides is 1. The zero-order valence-corrected chi connectivity index (χ0v) is 17.6. The topological polar surface area (TPSA) is 59.1 Å². The van der Waals surface area contributed by atoms with Crippen LogP contribution in [-0.4, -0.2) is 16.7 Å². The van der Waals surface area contributed by atoms with Gasteiger partial charge < -0.3 is 5.32 Å². The lowest BCUT2D eigenvalue weighted by Gasteiger charge is -2.21.